The van der Waals surface area contributed by atoms with E-state index >= 15 is 0 Å². The largest absolute Gasteiger partial charge is 0.507 e. The van der Waals surface area contributed by atoms with Crippen LogP contribution >= 0.6 is 0 Å². The first kappa shape index (κ1) is 21.7. The number of carbonyl (C=O) groups is 2. The molecule has 30 heavy (non-hydrogen) atoms. The lowest BCUT2D eigenvalue weighted by molar-refractivity contribution is -0.140. The zero-order chi connectivity index (χ0) is 22.0. The summed E-state index contributed by atoms with van der Waals surface area (Å²) >= 11 is 0. The maximum Gasteiger partial charge on any atom is 0.295 e. The number of ketones is 1. The van der Waals surface area contributed by atoms with Crippen LogP contribution in [0, 0.1) is 20.8 Å². The molecule has 2 heterocycles. The van der Waals surface area contributed by atoms with Crippen LogP contribution in [0.1, 0.15) is 60.4 Å². The standard InChI is InChI=1S/C24H29NO5/c1-6-7-8-11-25-20(18-10-9-16(4)30-18)19(22(27)24(25)28)21(26)17-13-14(2)12-15(3)23(17)29-5/h9-10,12-13,20,26H,6-8,11H2,1-5H3/b21-19+. The fraction of sp³-hybridized carbons (Fsp3) is 0.417. The van der Waals surface area contributed by atoms with Crippen molar-refractivity contribution in [2.45, 2.75) is 53.0 Å². The second-order valence-electron chi connectivity index (χ2n) is 7.81. The highest BCUT2D eigenvalue weighted by Crippen LogP contribution is 2.42. The molecule has 6 heteroatoms. The smallest absolute Gasteiger partial charge is 0.295 e. The summed E-state index contributed by atoms with van der Waals surface area (Å²) in [4.78, 5) is 27.4. The molecule has 1 N–H and O–H groups in total. The molecular weight excluding hydrogens is 382 g/mol. The Bertz CT molecular complexity index is 1000. The SMILES string of the molecule is CCCCCN1C(=O)C(=O)/C(=C(/O)c2cc(C)cc(C)c2OC)C1c1ccc(C)o1. The molecule has 160 valence electrons. The van der Waals surface area contributed by atoms with E-state index in [-0.39, 0.29) is 11.3 Å². The summed E-state index contributed by atoms with van der Waals surface area (Å²) < 4.78 is 11.3. The highest BCUT2D eigenvalue weighted by Gasteiger charge is 2.47. The van der Waals surface area contributed by atoms with Gasteiger partial charge in [0.05, 0.1) is 18.2 Å². The molecule has 0 bridgehead atoms. The van der Waals surface area contributed by atoms with Gasteiger partial charge in [-0.25, -0.2) is 0 Å². The van der Waals surface area contributed by atoms with E-state index in [1.165, 1.54) is 12.0 Å². The minimum absolute atomic E-state index is 0.0362. The Morgan fingerprint density at radius 2 is 1.90 bits per heavy atom. The molecular formula is C24H29NO5. The minimum Gasteiger partial charge on any atom is -0.507 e. The number of unbranched alkanes of at least 4 members (excludes halogenated alkanes) is 2. The van der Waals surface area contributed by atoms with Crippen molar-refractivity contribution in [3.05, 3.63) is 58.0 Å². The molecule has 3 rings (SSSR count). The first-order valence-electron chi connectivity index (χ1n) is 10.3. The van der Waals surface area contributed by atoms with Gasteiger partial charge in [-0.15, -0.1) is 0 Å². The highest BCUT2D eigenvalue weighted by atomic mass is 16.5. The summed E-state index contributed by atoms with van der Waals surface area (Å²) in [6, 6.07) is 6.48. The third kappa shape index (κ3) is 3.86. The fourth-order valence-corrected chi connectivity index (χ4v) is 4.09. The van der Waals surface area contributed by atoms with Crippen LogP contribution in [-0.4, -0.2) is 35.4 Å². The first-order valence-corrected chi connectivity index (χ1v) is 10.3. The van der Waals surface area contributed by atoms with Crippen molar-refractivity contribution in [1.29, 1.82) is 0 Å². The van der Waals surface area contributed by atoms with Crippen LogP contribution in [-0.2, 0) is 9.59 Å². The van der Waals surface area contributed by atoms with E-state index in [1.54, 1.807) is 25.1 Å². The van der Waals surface area contributed by atoms with Gasteiger partial charge in [-0.3, -0.25) is 9.59 Å². The van der Waals surface area contributed by atoms with Gasteiger partial charge in [0.25, 0.3) is 11.7 Å². The Morgan fingerprint density at radius 1 is 1.17 bits per heavy atom. The Kier molecular flexibility index (Phi) is 6.34. The third-order valence-corrected chi connectivity index (χ3v) is 5.45. The highest BCUT2D eigenvalue weighted by molar-refractivity contribution is 6.46. The summed E-state index contributed by atoms with van der Waals surface area (Å²) in [6.07, 6.45) is 2.71. The summed E-state index contributed by atoms with van der Waals surface area (Å²) in [5, 5.41) is 11.3. The molecule has 1 aromatic heterocycles. The van der Waals surface area contributed by atoms with E-state index in [0.29, 0.717) is 29.4 Å². The lowest BCUT2D eigenvalue weighted by atomic mass is 9.96. The molecule has 1 fully saturated rings. The van der Waals surface area contributed by atoms with Crippen LogP contribution in [0.2, 0.25) is 0 Å². The van der Waals surface area contributed by atoms with E-state index in [1.807, 2.05) is 19.9 Å². The zero-order valence-electron chi connectivity index (χ0n) is 18.2. The van der Waals surface area contributed by atoms with E-state index in [4.69, 9.17) is 9.15 Å². The quantitative estimate of drug-likeness (QED) is 0.306. The summed E-state index contributed by atoms with van der Waals surface area (Å²) in [5.41, 5.74) is 2.18. The van der Waals surface area contributed by atoms with Gasteiger partial charge in [0, 0.05) is 6.54 Å². The van der Waals surface area contributed by atoms with Gasteiger partial charge in [0.15, 0.2) is 0 Å². The van der Waals surface area contributed by atoms with Gasteiger partial charge in [-0.1, -0.05) is 25.8 Å². The van der Waals surface area contributed by atoms with Crippen LogP contribution in [0.3, 0.4) is 0 Å². The van der Waals surface area contributed by atoms with Crippen molar-refractivity contribution < 1.29 is 23.8 Å². The number of hydrogen-bond acceptors (Lipinski definition) is 5. The second kappa shape index (κ2) is 8.78. The molecule has 0 radical (unpaired) electrons. The number of aliphatic hydroxyl groups is 1. The Balaban J connectivity index is 2.20. The van der Waals surface area contributed by atoms with Crippen molar-refractivity contribution in [2.24, 2.45) is 0 Å². The van der Waals surface area contributed by atoms with E-state index in [0.717, 1.165) is 30.4 Å². The topological polar surface area (TPSA) is 80.0 Å². The summed E-state index contributed by atoms with van der Waals surface area (Å²) in [5.74, 6) is 0.0548. The van der Waals surface area contributed by atoms with E-state index in [2.05, 4.69) is 6.92 Å². The Morgan fingerprint density at radius 3 is 2.50 bits per heavy atom. The number of likely N-dealkylation sites (tertiary alicyclic amines) is 1. The molecule has 1 aromatic carbocycles. The number of Topliss-reactive ketones (excluding diaryl/α,β-unsaturated/α-hetero) is 1. The Hall–Kier alpha value is -3.02. The van der Waals surface area contributed by atoms with Crippen molar-refractivity contribution >= 4 is 17.4 Å². The molecule has 1 atom stereocenters. The fourth-order valence-electron chi connectivity index (χ4n) is 4.09. The van der Waals surface area contributed by atoms with Gasteiger partial charge in [0.2, 0.25) is 0 Å². The van der Waals surface area contributed by atoms with Gasteiger partial charge < -0.3 is 19.2 Å². The number of nitrogens with zero attached hydrogens (tertiary/aromatic N) is 1. The molecule has 2 aromatic rings. The average molecular weight is 411 g/mol. The van der Waals surface area contributed by atoms with Crippen LogP contribution < -0.4 is 4.74 Å². The van der Waals surface area contributed by atoms with Gasteiger partial charge in [-0.05, 0) is 56.5 Å². The zero-order valence-corrected chi connectivity index (χ0v) is 18.2. The van der Waals surface area contributed by atoms with Crippen LogP contribution in [0.25, 0.3) is 5.76 Å². The lowest BCUT2D eigenvalue weighted by Gasteiger charge is -2.23. The van der Waals surface area contributed by atoms with Gasteiger partial charge in [-0.2, -0.15) is 0 Å². The van der Waals surface area contributed by atoms with Crippen LogP contribution in [0.5, 0.6) is 5.75 Å². The molecule has 6 nitrogen and oxygen atoms in total. The number of methoxy groups -OCH3 is 1. The average Bonchev–Trinajstić information content (AvgIpc) is 3.23. The van der Waals surface area contributed by atoms with Crippen molar-refractivity contribution in [3.8, 4) is 5.75 Å². The minimum atomic E-state index is -0.763. The number of aliphatic hydroxyl groups excluding tert-OH is 1. The van der Waals surface area contributed by atoms with Crippen LogP contribution in [0.4, 0.5) is 0 Å². The molecule has 1 amide bonds. The number of ether oxygens (including phenoxy) is 1. The summed E-state index contributed by atoms with van der Waals surface area (Å²) in [7, 11) is 1.52. The normalized spacial score (nSPS) is 18.3. The van der Waals surface area contributed by atoms with Crippen molar-refractivity contribution in [2.75, 3.05) is 13.7 Å². The molecule has 1 unspecified atom stereocenters. The number of benzene rings is 1. The number of rotatable bonds is 7. The predicted molar refractivity (Wildman–Crippen MR) is 114 cm³/mol. The second-order valence-corrected chi connectivity index (χ2v) is 7.81. The Labute approximate surface area is 177 Å². The molecule has 0 saturated carbocycles. The maximum atomic E-state index is 13.0. The van der Waals surface area contributed by atoms with Gasteiger partial charge >= 0.3 is 0 Å². The van der Waals surface area contributed by atoms with Crippen LogP contribution in [0.15, 0.2) is 34.3 Å². The maximum absolute atomic E-state index is 13.0. The monoisotopic (exact) mass is 411 g/mol. The molecule has 0 spiro atoms. The number of amides is 1. The van der Waals surface area contributed by atoms with Gasteiger partial charge in [0.1, 0.15) is 29.1 Å². The summed E-state index contributed by atoms with van der Waals surface area (Å²) in [6.45, 7) is 8.08. The molecule has 1 aliphatic heterocycles. The number of carbonyl (C=O) groups excluding carboxylic acids is 2. The molecule has 1 saturated heterocycles. The van der Waals surface area contributed by atoms with Crippen molar-refractivity contribution in [1.82, 2.24) is 4.90 Å². The molecule has 0 aliphatic carbocycles. The van der Waals surface area contributed by atoms with Crippen molar-refractivity contribution in [3.63, 3.8) is 0 Å². The van der Waals surface area contributed by atoms with E-state index < -0.39 is 17.7 Å². The predicted octanol–water partition coefficient (Wildman–Crippen LogP) is 4.83. The number of aryl methyl sites for hydroxylation is 3. The van der Waals surface area contributed by atoms with E-state index in [9.17, 15) is 14.7 Å². The third-order valence-electron chi connectivity index (χ3n) is 5.45. The number of furan rings is 1. The first-order chi connectivity index (χ1) is 14.3. The lowest BCUT2D eigenvalue weighted by Crippen LogP contribution is -2.30. The molecule has 1 aliphatic rings. The number of hydrogen-bond donors (Lipinski definition) is 1.